The van der Waals surface area contributed by atoms with Crippen LogP contribution in [0.2, 0.25) is 0 Å². The van der Waals surface area contributed by atoms with Gasteiger partial charge in [0.15, 0.2) is 18.9 Å². The van der Waals surface area contributed by atoms with Gasteiger partial charge in [-0.25, -0.2) is 0 Å². The SMILES string of the molecule is CC/C=C\C/C=C\C/C=C\C/C=C\CCCCCCCCCCCCCCCCCCCCCCCCCCCCCCC(=O)NC(COC1OC(CO)C(OC2OC(CO)C(OC3OC(CO)C(O)C(O)C3O)C(O)C2O)C(O)C1O)C(O)/C=C/CCCCCCCCCCCC. The molecule has 19 nitrogen and oxygen atoms in total. The predicted molar refractivity (Wildman–Crippen MR) is 388 cm³/mol. The molecule has 0 saturated carbocycles. The predicted octanol–water partition coefficient (Wildman–Crippen LogP) is 12.7. The highest BCUT2D eigenvalue weighted by atomic mass is 16.8. The number of aliphatic hydroxyl groups is 11. The maximum absolute atomic E-state index is 13.4. The van der Waals surface area contributed by atoms with Crippen LogP contribution in [0.1, 0.15) is 303 Å². The number of hydrogen-bond acceptors (Lipinski definition) is 18. The van der Waals surface area contributed by atoms with Crippen LogP contribution in [0.4, 0.5) is 0 Å². The molecule has 0 aromatic carbocycles. The summed E-state index contributed by atoms with van der Waals surface area (Å²) in [5, 5.41) is 121. The fraction of sp³-hybridized carbons (Fsp3) is 0.861. The van der Waals surface area contributed by atoms with Crippen molar-refractivity contribution >= 4 is 5.91 Å². The standard InChI is InChI=1S/C79H143NO18/c1-3-5-7-9-11-13-15-17-18-19-20-21-22-23-24-25-26-27-28-29-30-31-32-33-34-35-36-37-38-39-40-41-42-43-44-45-47-49-51-53-55-57-67(85)80-62(63(84)56-54-52-50-48-46-16-14-12-10-8-6-4-2)61-93-77-73(91)70(88)75(65(59-82)95-77)98-79-74(92)71(89)76(66(60-83)96-79)97-78-72(90)69(87)68(86)64(58-81)94-78/h5,7,11,13,17-18,20-21,54,56,62-66,68-79,81-84,86-92H,3-4,6,8-10,12,14-16,19,22-53,55,57-61H2,1-2H3,(H,80,85)/b7-5-,13-11-,18-17-,21-20-,56-54+. The molecule has 0 aliphatic carbocycles. The van der Waals surface area contributed by atoms with Crippen LogP contribution in [0.3, 0.4) is 0 Å². The number of nitrogens with one attached hydrogen (secondary N) is 1. The van der Waals surface area contributed by atoms with E-state index in [0.29, 0.717) is 6.42 Å². The number of unbranched alkanes of at least 4 members (excludes halogenated alkanes) is 38. The molecule has 3 saturated heterocycles. The van der Waals surface area contributed by atoms with Gasteiger partial charge in [0.25, 0.3) is 0 Å². The van der Waals surface area contributed by atoms with Gasteiger partial charge in [-0.05, 0) is 57.8 Å². The van der Waals surface area contributed by atoms with Gasteiger partial charge in [0.1, 0.15) is 73.2 Å². The van der Waals surface area contributed by atoms with Crippen molar-refractivity contribution in [3.8, 4) is 0 Å². The topological polar surface area (TPSA) is 307 Å². The van der Waals surface area contributed by atoms with Crippen LogP contribution in [0.25, 0.3) is 0 Å². The average molecular weight is 1400 g/mol. The number of allylic oxidation sites excluding steroid dienone is 9. The highest BCUT2D eigenvalue weighted by molar-refractivity contribution is 5.76. The molecule has 19 heteroatoms. The molecule has 0 aromatic rings. The third-order valence-electron chi connectivity index (χ3n) is 19.6. The zero-order chi connectivity index (χ0) is 71.1. The molecule has 17 unspecified atom stereocenters. The van der Waals surface area contributed by atoms with E-state index in [2.05, 4.69) is 67.8 Å². The lowest BCUT2D eigenvalue weighted by Crippen LogP contribution is -2.66. The number of hydrogen-bond donors (Lipinski definition) is 12. The van der Waals surface area contributed by atoms with Crippen molar-refractivity contribution in [3.63, 3.8) is 0 Å². The smallest absolute Gasteiger partial charge is 0.220 e. The van der Waals surface area contributed by atoms with Crippen molar-refractivity contribution in [2.24, 2.45) is 0 Å². The monoisotopic (exact) mass is 1390 g/mol. The minimum Gasteiger partial charge on any atom is -0.394 e. The van der Waals surface area contributed by atoms with Crippen LogP contribution >= 0.6 is 0 Å². The van der Waals surface area contributed by atoms with Gasteiger partial charge in [0.2, 0.25) is 5.91 Å². The minimum absolute atomic E-state index is 0.247. The van der Waals surface area contributed by atoms with Crippen LogP contribution in [-0.4, -0.2) is 193 Å². The first-order chi connectivity index (χ1) is 47.8. The number of aliphatic hydroxyl groups excluding tert-OH is 11. The van der Waals surface area contributed by atoms with Crippen molar-refractivity contribution < 1.29 is 89.4 Å². The van der Waals surface area contributed by atoms with Crippen molar-refractivity contribution in [1.29, 1.82) is 0 Å². The number of carbonyl (C=O) groups excluding carboxylic acids is 1. The molecule has 98 heavy (non-hydrogen) atoms. The first kappa shape index (κ1) is 89.7. The molecule has 0 aromatic heterocycles. The molecule has 3 aliphatic heterocycles. The summed E-state index contributed by atoms with van der Waals surface area (Å²) in [6.45, 7) is 1.63. The fourth-order valence-corrected chi connectivity index (χ4v) is 13.2. The number of amides is 1. The molecule has 17 atom stereocenters. The molecule has 0 radical (unpaired) electrons. The van der Waals surface area contributed by atoms with E-state index in [1.165, 1.54) is 205 Å². The van der Waals surface area contributed by atoms with Crippen LogP contribution in [-0.2, 0) is 33.2 Å². The second-order valence-electron chi connectivity index (χ2n) is 28.1. The second kappa shape index (κ2) is 59.8. The normalized spacial score (nSPS) is 27.1. The lowest BCUT2D eigenvalue weighted by Gasteiger charge is -2.48. The van der Waals surface area contributed by atoms with Gasteiger partial charge in [-0.2, -0.15) is 0 Å². The van der Waals surface area contributed by atoms with Crippen molar-refractivity contribution in [1.82, 2.24) is 5.32 Å². The third-order valence-corrected chi connectivity index (χ3v) is 19.6. The molecule has 3 heterocycles. The van der Waals surface area contributed by atoms with Gasteiger partial charge < -0.3 is 89.9 Å². The largest absolute Gasteiger partial charge is 0.394 e. The van der Waals surface area contributed by atoms with Crippen LogP contribution < -0.4 is 5.32 Å². The number of ether oxygens (including phenoxy) is 6. The lowest BCUT2D eigenvalue weighted by molar-refractivity contribution is -0.379. The van der Waals surface area contributed by atoms with Crippen molar-refractivity contribution in [3.05, 3.63) is 60.8 Å². The molecule has 1 amide bonds. The zero-order valence-corrected chi connectivity index (χ0v) is 61.0. The third kappa shape index (κ3) is 39.9. The maximum Gasteiger partial charge on any atom is 0.220 e. The maximum atomic E-state index is 13.4. The number of carbonyl (C=O) groups is 1. The van der Waals surface area contributed by atoms with Gasteiger partial charge in [0.05, 0.1) is 38.6 Å². The molecule has 12 N–H and O–H groups in total. The Kier molecular flexibility index (Phi) is 54.8. The van der Waals surface area contributed by atoms with E-state index in [9.17, 15) is 61.0 Å². The summed E-state index contributed by atoms with van der Waals surface area (Å²) in [6, 6.07) is -0.971. The van der Waals surface area contributed by atoms with Crippen LogP contribution in [0.5, 0.6) is 0 Å². The molecule has 0 spiro atoms. The summed E-state index contributed by atoms with van der Waals surface area (Å²) in [6.07, 6.45) is 49.7. The van der Waals surface area contributed by atoms with E-state index in [1.54, 1.807) is 6.08 Å². The minimum atomic E-state index is -1.98. The van der Waals surface area contributed by atoms with Gasteiger partial charge >= 0.3 is 0 Å². The molecule has 3 aliphatic rings. The summed E-state index contributed by atoms with van der Waals surface area (Å²) in [5.74, 6) is -0.272. The lowest BCUT2D eigenvalue weighted by atomic mass is 9.96. The summed E-state index contributed by atoms with van der Waals surface area (Å²) in [7, 11) is 0. The van der Waals surface area contributed by atoms with Gasteiger partial charge in [-0.15, -0.1) is 0 Å². The highest BCUT2D eigenvalue weighted by Gasteiger charge is 2.53. The van der Waals surface area contributed by atoms with E-state index in [4.69, 9.17) is 28.4 Å². The Balaban J connectivity index is 1.26. The average Bonchev–Trinajstić information content (AvgIpc) is 0.785. The van der Waals surface area contributed by atoms with E-state index in [0.717, 1.165) is 70.6 Å². The van der Waals surface area contributed by atoms with E-state index in [-0.39, 0.29) is 18.9 Å². The molecule has 3 rings (SSSR count). The molecule has 0 bridgehead atoms. The Bertz CT molecular complexity index is 2010. The van der Waals surface area contributed by atoms with Gasteiger partial charge in [0, 0.05) is 6.42 Å². The highest BCUT2D eigenvalue weighted by Crippen LogP contribution is 2.33. The molecule has 572 valence electrons. The Morgan fingerprint density at radius 2 is 0.704 bits per heavy atom. The summed E-state index contributed by atoms with van der Waals surface area (Å²) >= 11 is 0. The van der Waals surface area contributed by atoms with Crippen LogP contribution in [0.15, 0.2) is 60.8 Å². The van der Waals surface area contributed by atoms with E-state index >= 15 is 0 Å². The van der Waals surface area contributed by atoms with Gasteiger partial charge in [-0.1, -0.05) is 299 Å². The fourth-order valence-electron chi connectivity index (χ4n) is 13.2. The molecular formula is C79H143NO18. The van der Waals surface area contributed by atoms with E-state index in [1.807, 2.05) is 6.08 Å². The quantitative estimate of drug-likeness (QED) is 0.0199. The molecular weight excluding hydrogens is 1250 g/mol. The van der Waals surface area contributed by atoms with Crippen molar-refractivity contribution in [2.75, 3.05) is 26.4 Å². The summed E-state index contributed by atoms with van der Waals surface area (Å²) in [4.78, 5) is 13.4. The second-order valence-corrected chi connectivity index (χ2v) is 28.1. The Morgan fingerprint density at radius 3 is 1.10 bits per heavy atom. The van der Waals surface area contributed by atoms with Gasteiger partial charge in [-0.3, -0.25) is 4.79 Å². The zero-order valence-electron chi connectivity index (χ0n) is 61.0. The number of rotatable bonds is 62. The Hall–Kier alpha value is -2.51. The summed E-state index contributed by atoms with van der Waals surface area (Å²) in [5.41, 5.74) is 0. The van der Waals surface area contributed by atoms with Crippen LogP contribution in [0, 0.1) is 0 Å². The first-order valence-electron chi connectivity index (χ1n) is 39.5. The van der Waals surface area contributed by atoms with E-state index < -0.39 is 124 Å². The summed E-state index contributed by atoms with van der Waals surface area (Å²) < 4.78 is 34.4. The first-order valence-corrected chi connectivity index (χ1v) is 39.5. The van der Waals surface area contributed by atoms with Crippen molar-refractivity contribution in [2.45, 2.75) is 407 Å². The Labute approximate surface area is 592 Å². The Morgan fingerprint density at radius 1 is 0.378 bits per heavy atom. The molecule has 3 fully saturated rings.